The lowest BCUT2D eigenvalue weighted by Crippen LogP contribution is -2.31. The first-order chi connectivity index (χ1) is 8.96. The number of methoxy groups -OCH3 is 1. The standard InChI is InChI=1S/C16H29NOSi/c1-6-17-12-14(13-19(3,4)5)11-15-9-7-8-10-16(15)18-2/h7-10,14,17H,6,11-13H2,1-5H3. The summed E-state index contributed by atoms with van der Waals surface area (Å²) in [5.41, 5.74) is 1.34. The summed E-state index contributed by atoms with van der Waals surface area (Å²) in [4.78, 5) is 0. The molecule has 0 aliphatic carbocycles. The molecule has 0 bridgehead atoms. The Morgan fingerprint density at radius 3 is 2.47 bits per heavy atom. The highest BCUT2D eigenvalue weighted by molar-refractivity contribution is 6.76. The van der Waals surface area contributed by atoms with Gasteiger partial charge in [-0.25, -0.2) is 0 Å². The highest BCUT2D eigenvalue weighted by Crippen LogP contribution is 2.25. The van der Waals surface area contributed by atoms with Crippen LogP contribution < -0.4 is 10.1 Å². The van der Waals surface area contributed by atoms with Crippen molar-refractivity contribution in [2.75, 3.05) is 20.2 Å². The van der Waals surface area contributed by atoms with Crippen molar-refractivity contribution in [2.45, 2.75) is 39.0 Å². The summed E-state index contributed by atoms with van der Waals surface area (Å²) in [6.07, 6.45) is 1.11. The normalized spacial score (nSPS) is 13.3. The molecular weight excluding hydrogens is 250 g/mol. The van der Waals surface area contributed by atoms with Crippen LogP contribution in [0.3, 0.4) is 0 Å². The van der Waals surface area contributed by atoms with Crippen molar-refractivity contribution in [1.82, 2.24) is 5.32 Å². The second-order valence-corrected chi connectivity index (χ2v) is 12.0. The third-order valence-corrected chi connectivity index (χ3v) is 5.09. The fourth-order valence-electron chi connectivity index (χ4n) is 2.61. The minimum atomic E-state index is -1.03. The van der Waals surface area contributed by atoms with Crippen molar-refractivity contribution < 1.29 is 4.74 Å². The van der Waals surface area contributed by atoms with Crippen LogP contribution in [0.4, 0.5) is 0 Å². The molecule has 1 rings (SSSR count). The van der Waals surface area contributed by atoms with Gasteiger partial charge >= 0.3 is 0 Å². The molecule has 19 heavy (non-hydrogen) atoms. The number of rotatable bonds is 8. The van der Waals surface area contributed by atoms with Crippen LogP contribution in [0.25, 0.3) is 0 Å². The van der Waals surface area contributed by atoms with Crippen molar-refractivity contribution >= 4 is 8.07 Å². The van der Waals surface area contributed by atoms with Gasteiger partial charge in [-0.3, -0.25) is 0 Å². The minimum absolute atomic E-state index is 0.711. The lowest BCUT2D eigenvalue weighted by Gasteiger charge is -2.25. The number of para-hydroxylation sites is 1. The molecule has 0 spiro atoms. The summed E-state index contributed by atoms with van der Waals surface area (Å²) in [6.45, 7) is 11.7. The predicted octanol–water partition coefficient (Wildman–Crippen LogP) is 3.80. The van der Waals surface area contributed by atoms with Gasteiger partial charge in [0.2, 0.25) is 0 Å². The number of hydrogen-bond acceptors (Lipinski definition) is 2. The van der Waals surface area contributed by atoms with E-state index in [9.17, 15) is 0 Å². The van der Waals surface area contributed by atoms with Crippen LogP contribution in [-0.4, -0.2) is 28.3 Å². The Balaban J connectivity index is 2.75. The van der Waals surface area contributed by atoms with Crippen LogP contribution >= 0.6 is 0 Å². The molecule has 0 aliphatic heterocycles. The summed E-state index contributed by atoms with van der Waals surface area (Å²) in [5.74, 6) is 1.74. The molecular formula is C16H29NOSi. The van der Waals surface area contributed by atoms with Crippen LogP contribution in [-0.2, 0) is 6.42 Å². The van der Waals surface area contributed by atoms with Gasteiger partial charge < -0.3 is 10.1 Å². The van der Waals surface area contributed by atoms with Crippen molar-refractivity contribution in [3.05, 3.63) is 29.8 Å². The molecule has 0 amide bonds. The van der Waals surface area contributed by atoms with E-state index in [1.807, 2.05) is 6.07 Å². The van der Waals surface area contributed by atoms with Gasteiger partial charge in [-0.2, -0.15) is 0 Å². The van der Waals surface area contributed by atoms with Crippen molar-refractivity contribution in [3.8, 4) is 5.75 Å². The monoisotopic (exact) mass is 279 g/mol. The van der Waals surface area contributed by atoms with Crippen LogP contribution in [0.1, 0.15) is 12.5 Å². The number of hydrogen-bond donors (Lipinski definition) is 1. The Morgan fingerprint density at radius 2 is 1.89 bits per heavy atom. The zero-order chi connectivity index (χ0) is 14.3. The first-order valence-corrected chi connectivity index (χ1v) is 11.0. The van der Waals surface area contributed by atoms with Crippen LogP contribution in [0.5, 0.6) is 5.75 Å². The first-order valence-electron chi connectivity index (χ1n) is 7.29. The lowest BCUT2D eigenvalue weighted by molar-refractivity contribution is 0.404. The van der Waals surface area contributed by atoms with Crippen molar-refractivity contribution in [2.24, 2.45) is 5.92 Å². The summed E-state index contributed by atoms with van der Waals surface area (Å²) in [7, 11) is 0.728. The predicted molar refractivity (Wildman–Crippen MR) is 86.9 cm³/mol. The van der Waals surface area contributed by atoms with E-state index in [4.69, 9.17) is 4.74 Å². The van der Waals surface area contributed by atoms with Gasteiger partial charge in [0, 0.05) is 8.07 Å². The van der Waals surface area contributed by atoms with E-state index in [1.165, 1.54) is 11.6 Å². The van der Waals surface area contributed by atoms with Crippen molar-refractivity contribution in [1.29, 1.82) is 0 Å². The Kier molecular flexibility index (Phi) is 6.59. The number of benzene rings is 1. The Labute approximate surface area is 119 Å². The Hall–Kier alpha value is -0.803. The number of nitrogens with one attached hydrogen (secondary N) is 1. The smallest absolute Gasteiger partial charge is 0.122 e. The second-order valence-electron chi connectivity index (χ2n) is 6.45. The molecule has 1 N–H and O–H groups in total. The summed E-state index contributed by atoms with van der Waals surface area (Å²) in [5, 5.41) is 3.51. The minimum Gasteiger partial charge on any atom is -0.496 e. The molecule has 0 aliphatic rings. The van der Waals surface area contributed by atoms with Gasteiger partial charge in [0.15, 0.2) is 0 Å². The van der Waals surface area contributed by atoms with E-state index in [2.05, 4.69) is 50.1 Å². The summed E-state index contributed by atoms with van der Waals surface area (Å²) in [6, 6.07) is 9.77. The van der Waals surface area contributed by atoms with Gasteiger partial charge in [-0.15, -0.1) is 0 Å². The van der Waals surface area contributed by atoms with E-state index in [0.29, 0.717) is 5.92 Å². The average molecular weight is 280 g/mol. The lowest BCUT2D eigenvalue weighted by atomic mass is 10.00. The average Bonchev–Trinajstić information content (AvgIpc) is 2.35. The van der Waals surface area contributed by atoms with Crippen LogP contribution in [0, 0.1) is 5.92 Å². The molecule has 1 aromatic rings. The molecule has 0 aromatic heterocycles. The zero-order valence-electron chi connectivity index (χ0n) is 13.1. The molecule has 1 aromatic carbocycles. The highest BCUT2D eigenvalue weighted by atomic mass is 28.3. The van der Waals surface area contributed by atoms with Crippen molar-refractivity contribution in [3.63, 3.8) is 0 Å². The molecule has 108 valence electrons. The molecule has 3 heteroatoms. The van der Waals surface area contributed by atoms with E-state index in [-0.39, 0.29) is 0 Å². The maximum atomic E-state index is 5.47. The molecule has 1 unspecified atom stereocenters. The SMILES string of the molecule is CCNCC(Cc1ccccc1OC)C[Si](C)(C)C. The summed E-state index contributed by atoms with van der Waals surface area (Å²) >= 11 is 0. The first kappa shape index (κ1) is 16.3. The molecule has 0 fully saturated rings. The Bertz CT molecular complexity index is 373. The van der Waals surface area contributed by atoms with Gasteiger partial charge in [0.25, 0.3) is 0 Å². The molecule has 0 saturated heterocycles. The zero-order valence-corrected chi connectivity index (χ0v) is 14.1. The molecule has 1 atom stereocenters. The third kappa shape index (κ3) is 6.26. The maximum absolute atomic E-state index is 5.47. The summed E-state index contributed by atoms with van der Waals surface area (Å²) < 4.78 is 5.47. The maximum Gasteiger partial charge on any atom is 0.122 e. The topological polar surface area (TPSA) is 21.3 Å². The fraction of sp³-hybridized carbons (Fsp3) is 0.625. The third-order valence-electron chi connectivity index (χ3n) is 3.29. The van der Waals surface area contributed by atoms with Gasteiger partial charge in [0.05, 0.1) is 7.11 Å². The van der Waals surface area contributed by atoms with Gasteiger partial charge in [-0.05, 0) is 37.1 Å². The molecule has 2 nitrogen and oxygen atoms in total. The van der Waals surface area contributed by atoms with E-state index < -0.39 is 8.07 Å². The van der Waals surface area contributed by atoms with E-state index >= 15 is 0 Å². The number of ether oxygens (including phenoxy) is 1. The van der Waals surface area contributed by atoms with Gasteiger partial charge in [0.1, 0.15) is 5.75 Å². The van der Waals surface area contributed by atoms with E-state index in [1.54, 1.807) is 7.11 Å². The highest BCUT2D eigenvalue weighted by Gasteiger charge is 2.21. The molecule has 0 heterocycles. The Morgan fingerprint density at radius 1 is 1.21 bits per heavy atom. The molecule has 0 saturated carbocycles. The second kappa shape index (κ2) is 7.71. The largest absolute Gasteiger partial charge is 0.496 e. The fourth-order valence-corrected chi connectivity index (χ4v) is 4.63. The quantitative estimate of drug-likeness (QED) is 0.731. The molecule has 0 radical (unpaired) electrons. The van der Waals surface area contributed by atoms with E-state index in [0.717, 1.165) is 25.3 Å². The van der Waals surface area contributed by atoms with Gasteiger partial charge in [-0.1, -0.05) is 50.8 Å². The van der Waals surface area contributed by atoms with Crippen LogP contribution in [0.15, 0.2) is 24.3 Å². The van der Waals surface area contributed by atoms with Crippen LogP contribution in [0.2, 0.25) is 25.7 Å².